The van der Waals surface area contributed by atoms with Gasteiger partial charge in [-0.1, -0.05) is 0 Å². The van der Waals surface area contributed by atoms with Crippen LogP contribution in [-0.2, 0) is 6.54 Å². The number of hydrogen-bond donors (Lipinski definition) is 0. The van der Waals surface area contributed by atoms with E-state index in [1.807, 2.05) is 13.3 Å². The van der Waals surface area contributed by atoms with E-state index in [2.05, 4.69) is 47.4 Å². The Balaban J connectivity index is 2.38. The molecular weight excluding hydrogens is 196 g/mol. The molecule has 0 atom stereocenters. The third-order valence-corrected chi connectivity index (χ3v) is 2.89. The Labute approximate surface area is 96.3 Å². The van der Waals surface area contributed by atoms with E-state index in [-0.39, 0.29) is 0 Å². The molecule has 2 nitrogen and oxygen atoms in total. The molecule has 2 rings (SSSR count). The maximum atomic E-state index is 4.41. The molecule has 1 aromatic heterocycles. The molecule has 0 saturated heterocycles. The second-order valence-corrected chi connectivity index (χ2v) is 4.04. The van der Waals surface area contributed by atoms with Crippen LogP contribution in [0.2, 0.25) is 0 Å². The van der Waals surface area contributed by atoms with E-state index in [1.54, 1.807) is 0 Å². The van der Waals surface area contributed by atoms with Crippen molar-refractivity contribution in [1.82, 2.24) is 9.55 Å². The van der Waals surface area contributed by atoms with Gasteiger partial charge in [0.2, 0.25) is 0 Å². The molecule has 0 bridgehead atoms. The van der Waals surface area contributed by atoms with Crippen molar-refractivity contribution < 1.29 is 0 Å². The van der Waals surface area contributed by atoms with Gasteiger partial charge < -0.3 is 4.57 Å². The molecule has 1 heterocycles. The van der Waals surface area contributed by atoms with Crippen LogP contribution in [0.25, 0.3) is 11.0 Å². The van der Waals surface area contributed by atoms with Gasteiger partial charge in [0.1, 0.15) is 0 Å². The predicted molar refractivity (Wildman–Crippen MR) is 67.3 cm³/mol. The second-order valence-electron chi connectivity index (χ2n) is 4.04. The Hall–Kier alpha value is -1.75. The standard InChI is InChI=1S/C14H16N2/c1-4-5-6-7-16-10-15-13-8-11(2)12(3)9-14(13)16/h8-10H,6-7H2,1-3H3. The van der Waals surface area contributed by atoms with Crippen LogP contribution in [0.3, 0.4) is 0 Å². The first kappa shape index (κ1) is 10.8. The van der Waals surface area contributed by atoms with Crippen molar-refractivity contribution >= 4 is 11.0 Å². The van der Waals surface area contributed by atoms with Crippen LogP contribution >= 0.6 is 0 Å². The SMILES string of the molecule is CC#CCCn1cnc2cc(C)c(C)cc21. The normalized spacial score (nSPS) is 10.2. The number of aromatic nitrogens is 2. The zero-order valence-electron chi connectivity index (χ0n) is 10.0. The van der Waals surface area contributed by atoms with Crippen LogP contribution in [0, 0.1) is 25.7 Å². The lowest BCUT2D eigenvalue weighted by Crippen LogP contribution is -1.95. The van der Waals surface area contributed by atoms with Crippen molar-refractivity contribution in [2.24, 2.45) is 0 Å². The van der Waals surface area contributed by atoms with Crippen molar-refractivity contribution in [3.8, 4) is 11.8 Å². The quantitative estimate of drug-likeness (QED) is 0.699. The molecule has 0 N–H and O–H groups in total. The monoisotopic (exact) mass is 212 g/mol. The zero-order valence-corrected chi connectivity index (χ0v) is 10.0. The van der Waals surface area contributed by atoms with Crippen LogP contribution in [0.15, 0.2) is 18.5 Å². The summed E-state index contributed by atoms with van der Waals surface area (Å²) in [5.74, 6) is 5.99. The first-order chi connectivity index (χ1) is 7.72. The lowest BCUT2D eigenvalue weighted by atomic mass is 10.1. The number of fused-ring (bicyclic) bond motifs is 1. The molecule has 0 spiro atoms. The number of rotatable bonds is 2. The van der Waals surface area contributed by atoms with Crippen LogP contribution in [0.4, 0.5) is 0 Å². The van der Waals surface area contributed by atoms with Crippen molar-refractivity contribution in [1.29, 1.82) is 0 Å². The predicted octanol–water partition coefficient (Wildman–Crippen LogP) is 3.07. The van der Waals surface area contributed by atoms with Crippen molar-refractivity contribution in [3.63, 3.8) is 0 Å². The highest BCUT2D eigenvalue weighted by Gasteiger charge is 2.03. The van der Waals surface area contributed by atoms with Gasteiger partial charge >= 0.3 is 0 Å². The summed E-state index contributed by atoms with van der Waals surface area (Å²) in [7, 11) is 0. The molecule has 82 valence electrons. The maximum absolute atomic E-state index is 4.41. The summed E-state index contributed by atoms with van der Waals surface area (Å²) in [5.41, 5.74) is 4.90. The third-order valence-electron chi connectivity index (χ3n) is 2.89. The summed E-state index contributed by atoms with van der Waals surface area (Å²) in [6, 6.07) is 4.35. The number of hydrogen-bond acceptors (Lipinski definition) is 1. The molecule has 0 aliphatic rings. The minimum Gasteiger partial charge on any atom is -0.330 e. The smallest absolute Gasteiger partial charge is 0.0958 e. The van der Waals surface area contributed by atoms with Gasteiger partial charge in [-0.3, -0.25) is 0 Å². The summed E-state index contributed by atoms with van der Waals surface area (Å²) in [6.07, 6.45) is 2.79. The Morgan fingerprint density at radius 3 is 2.75 bits per heavy atom. The van der Waals surface area contributed by atoms with Crippen LogP contribution < -0.4 is 0 Å². The van der Waals surface area contributed by atoms with E-state index in [4.69, 9.17) is 0 Å². The molecule has 0 amide bonds. The van der Waals surface area contributed by atoms with Gasteiger partial charge in [0.15, 0.2) is 0 Å². The molecule has 2 aromatic rings. The van der Waals surface area contributed by atoms with E-state index in [1.165, 1.54) is 16.6 Å². The van der Waals surface area contributed by atoms with Crippen LogP contribution in [-0.4, -0.2) is 9.55 Å². The molecule has 16 heavy (non-hydrogen) atoms. The van der Waals surface area contributed by atoms with Gasteiger partial charge in [-0.15, -0.1) is 11.8 Å². The molecule has 0 fully saturated rings. The van der Waals surface area contributed by atoms with Gasteiger partial charge in [0, 0.05) is 13.0 Å². The third kappa shape index (κ3) is 1.94. The van der Waals surface area contributed by atoms with Gasteiger partial charge in [-0.2, -0.15) is 0 Å². The number of nitrogens with zero attached hydrogens (tertiary/aromatic N) is 2. The Morgan fingerprint density at radius 1 is 1.25 bits per heavy atom. The number of imidazole rings is 1. The lowest BCUT2D eigenvalue weighted by molar-refractivity contribution is 0.740. The lowest BCUT2D eigenvalue weighted by Gasteiger charge is -2.03. The highest BCUT2D eigenvalue weighted by molar-refractivity contribution is 5.77. The van der Waals surface area contributed by atoms with Crippen molar-refractivity contribution in [3.05, 3.63) is 29.6 Å². The minimum atomic E-state index is 0.884. The fourth-order valence-electron chi connectivity index (χ4n) is 1.79. The molecule has 0 radical (unpaired) electrons. The van der Waals surface area contributed by atoms with Crippen LogP contribution in [0.5, 0.6) is 0 Å². The average Bonchev–Trinajstić information content (AvgIpc) is 2.63. The maximum Gasteiger partial charge on any atom is 0.0958 e. The Morgan fingerprint density at radius 2 is 2.00 bits per heavy atom. The average molecular weight is 212 g/mol. The second kappa shape index (κ2) is 4.40. The molecule has 0 aliphatic carbocycles. The first-order valence-corrected chi connectivity index (χ1v) is 5.54. The van der Waals surface area contributed by atoms with Gasteiger partial charge in [0.05, 0.1) is 17.4 Å². The molecule has 0 aliphatic heterocycles. The van der Waals surface area contributed by atoms with Gasteiger partial charge in [0.25, 0.3) is 0 Å². The summed E-state index contributed by atoms with van der Waals surface area (Å²) >= 11 is 0. The van der Waals surface area contributed by atoms with E-state index in [0.29, 0.717) is 0 Å². The largest absolute Gasteiger partial charge is 0.330 e. The fourth-order valence-corrected chi connectivity index (χ4v) is 1.79. The van der Waals surface area contributed by atoms with E-state index < -0.39 is 0 Å². The fraction of sp³-hybridized carbons (Fsp3) is 0.357. The van der Waals surface area contributed by atoms with E-state index >= 15 is 0 Å². The summed E-state index contributed by atoms with van der Waals surface area (Å²) in [5, 5.41) is 0. The summed E-state index contributed by atoms with van der Waals surface area (Å²) in [6.45, 7) is 7.05. The molecular formula is C14H16N2. The first-order valence-electron chi connectivity index (χ1n) is 5.54. The Kier molecular flexibility index (Phi) is 2.96. The zero-order chi connectivity index (χ0) is 11.5. The molecule has 2 heteroatoms. The van der Waals surface area contributed by atoms with E-state index in [0.717, 1.165) is 18.5 Å². The minimum absolute atomic E-state index is 0.884. The summed E-state index contributed by atoms with van der Waals surface area (Å²) < 4.78 is 2.17. The highest BCUT2D eigenvalue weighted by atomic mass is 15.0. The highest BCUT2D eigenvalue weighted by Crippen LogP contribution is 2.18. The summed E-state index contributed by atoms with van der Waals surface area (Å²) in [4.78, 5) is 4.41. The van der Waals surface area contributed by atoms with Crippen molar-refractivity contribution in [2.45, 2.75) is 33.7 Å². The molecule has 0 unspecified atom stereocenters. The number of aryl methyl sites for hydroxylation is 3. The molecule has 0 saturated carbocycles. The van der Waals surface area contributed by atoms with Crippen LogP contribution in [0.1, 0.15) is 24.5 Å². The number of benzene rings is 1. The topological polar surface area (TPSA) is 17.8 Å². The van der Waals surface area contributed by atoms with E-state index in [9.17, 15) is 0 Å². The van der Waals surface area contributed by atoms with Gasteiger partial charge in [-0.25, -0.2) is 4.98 Å². The Bertz CT molecular complexity index is 567. The molecule has 1 aromatic carbocycles. The van der Waals surface area contributed by atoms with Crippen molar-refractivity contribution in [2.75, 3.05) is 0 Å². The van der Waals surface area contributed by atoms with Gasteiger partial charge in [-0.05, 0) is 44.0 Å².